The average molecular weight is 433 g/mol. The zero-order valence-electron chi connectivity index (χ0n) is 16.3. The third-order valence-corrected chi connectivity index (χ3v) is 7.06. The minimum absolute atomic E-state index is 0.152. The topological polar surface area (TPSA) is 99.2 Å². The Bertz CT molecular complexity index is 1080. The van der Waals surface area contributed by atoms with Gasteiger partial charge in [-0.2, -0.15) is 0 Å². The van der Waals surface area contributed by atoms with Gasteiger partial charge in [-0.3, -0.25) is 4.79 Å². The molecule has 10 heteroatoms. The largest absolute Gasteiger partial charge is 0.469 e. The van der Waals surface area contributed by atoms with Gasteiger partial charge in [0.2, 0.25) is 5.91 Å². The number of rotatable bonds is 6. The van der Waals surface area contributed by atoms with Gasteiger partial charge in [-0.25, -0.2) is 4.79 Å². The van der Waals surface area contributed by atoms with Crippen molar-refractivity contribution in [2.45, 2.75) is 31.3 Å². The van der Waals surface area contributed by atoms with E-state index in [1.54, 1.807) is 6.26 Å². The average Bonchev–Trinajstić information content (AvgIpc) is 3.45. The number of esters is 1. The number of thioether (sulfide) groups is 1. The number of anilines is 1. The molecule has 29 heavy (non-hydrogen) atoms. The normalized spacial score (nSPS) is 12.8. The summed E-state index contributed by atoms with van der Waals surface area (Å²) in [7, 11) is 3.21. The second-order valence-electron chi connectivity index (χ2n) is 6.65. The second-order valence-corrected chi connectivity index (χ2v) is 8.69. The summed E-state index contributed by atoms with van der Waals surface area (Å²) in [5.74, 6) is 0.988. The van der Waals surface area contributed by atoms with Gasteiger partial charge in [-0.15, -0.1) is 21.5 Å². The highest BCUT2D eigenvalue weighted by Gasteiger charge is 2.28. The van der Waals surface area contributed by atoms with Gasteiger partial charge in [0.05, 0.1) is 30.3 Å². The summed E-state index contributed by atoms with van der Waals surface area (Å²) in [5, 5.41) is 12.4. The number of furan rings is 1. The standard InChI is InChI=1S/C19H20N4O4S2/c1-10-11(7-8-27-10)16-21-22-19(23(16)2)28-9-14(24)20-17-15(18(25)26-3)12-5-4-6-13(12)29-17/h7-8H,4-6,9H2,1-3H3,(H,20,24). The molecule has 152 valence electrons. The van der Waals surface area contributed by atoms with Gasteiger partial charge in [0.1, 0.15) is 10.8 Å². The maximum absolute atomic E-state index is 12.5. The van der Waals surface area contributed by atoms with Crippen molar-refractivity contribution in [2.24, 2.45) is 7.05 Å². The zero-order valence-corrected chi connectivity index (χ0v) is 17.9. The minimum Gasteiger partial charge on any atom is -0.469 e. The van der Waals surface area contributed by atoms with E-state index in [0.717, 1.165) is 41.0 Å². The molecule has 1 aliphatic carbocycles. The van der Waals surface area contributed by atoms with Gasteiger partial charge in [0, 0.05) is 11.9 Å². The number of thiophene rings is 1. The molecule has 3 aromatic rings. The van der Waals surface area contributed by atoms with Crippen molar-refractivity contribution in [3.8, 4) is 11.4 Å². The molecule has 0 saturated heterocycles. The molecule has 4 rings (SSSR count). The van der Waals surface area contributed by atoms with Crippen LogP contribution in [0.2, 0.25) is 0 Å². The van der Waals surface area contributed by atoms with E-state index in [2.05, 4.69) is 15.5 Å². The number of carbonyl (C=O) groups is 2. The van der Waals surface area contributed by atoms with Crippen LogP contribution in [-0.2, 0) is 29.4 Å². The first-order chi connectivity index (χ1) is 14.0. The SMILES string of the molecule is COC(=O)c1c(NC(=O)CSc2nnc(-c3ccoc3C)n2C)sc2c1CCC2. The molecule has 0 fully saturated rings. The Kier molecular flexibility index (Phi) is 5.46. The van der Waals surface area contributed by atoms with E-state index in [9.17, 15) is 9.59 Å². The number of nitrogens with zero attached hydrogens (tertiary/aromatic N) is 3. The Hall–Kier alpha value is -2.59. The number of fused-ring (bicyclic) bond motifs is 1. The van der Waals surface area contributed by atoms with Crippen LogP contribution in [0.1, 0.15) is 33.0 Å². The summed E-state index contributed by atoms with van der Waals surface area (Å²) in [5.41, 5.74) is 2.38. The summed E-state index contributed by atoms with van der Waals surface area (Å²) >= 11 is 2.75. The Morgan fingerprint density at radius 3 is 2.93 bits per heavy atom. The number of amides is 1. The van der Waals surface area contributed by atoms with Crippen LogP contribution < -0.4 is 5.32 Å². The Labute approximate surface area is 175 Å². The quantitative estimate of drug-likeness (QED) is 0.470. The van der Waals surface area contributed by atoms with Gasteiger partial charge in [-0.1, -0.05) is 11.8 Å². The van der Waals surface area contributed by atoms with E-state index in [4.69, 9.17) is 9.15 Å². The summed E-state index contributed by atoms with van der Waals surface area (Å²) in [6.45, 7) is 1.86. The van der Waals surface area contributed by atoms with Crippen molar-refractivity contribution >= 4 is 40.0 Å². The lowest BCUT2D eigenvalue weighted by Gasteiger charge is -2.07. The highest BCUT2D eigenvalue weighted by atomic mass is 32.2. The molecule has 1 N–H and O–H groups in total. The number of methoxy groups -OCH3 is 1. The van der Waals surface area contributed by atoms with E-state index in [1.165, 1.54) is 30.2 Å². The molecule has 1 amide bonds. The fourth-order valence-corrected chi connectivity index (χ4v) is 5.40. The predicted molar refractivity (Wildman–Crippen MR) is 110 cm³/mol. The fraction of sp³-hybridized carbons (Fsp3) is 0.368. The molecule has 8 nitrogen and oxygen atoms in total. The van der Waals surface area contributed by atoms with Gasteiger partial charge >= 0.3 is 5.97 Å². The molecule has 1 aliphatic rings. The fourth-order valence-electron chi connectivity index (χ4n) is 3.40. The second kappa shape index (κ2) is 8.03. The van der Waals surface area contributed by atoms with E-state index < -0.39 is 5.97 Å². The summed E-state index contributed by atoms with van der Waals surface area (Å²) in [6, 6.07) is 1.84. The first-order valence-corrected chi connectivity index (χ1v) is 10.9. The van der Waals surface area contributed by atoms with Crippen molar-refractivity contribution in [1.29, 1.82) is 0 Å². The lowest BCUT2D eigenvalue weighted by atomic mass is 10.1. The van der Waals surface area contributed by atoms with E-state index in [-0.39, 0.29) is 11.7 Å². The molecule has 0 atom stereocenters. The summed E-state index contributed by atoms with van der Waals surface area (Å²) in [4.78, 5) is 25.9. The lowest BCUT2D eigenvalue weighted by Crippen LogP contribution is -2.16. The van der Waals surface area contributed by atoms with Crippen LogP contribution in [0, 0.1) is 6.92 Å². The zero-order chi connectivity index (χ0) is 20.5. The first-order valence-electron chi connectivity index (χ1n) is 9.09. The highest BCUT2D eigenvalue weighted by Crippen LogP contribution is 2.39. The molecular formula is C19H20N4O4S2. The summed E-state index contributed by atoms with van der Waals surface area (Å²) < 4.78 is 12.1. The van der Waals surface area contributed by atoms with Gasteiger partial charge in [0.15, 0.2) is 11.0 Å². The Morgan fingerprint density at radius 2 is 2.21 bits per heavy atom. The third-order valence-electron chi connectivity index (χ3n) is 4.83. The lowest BCUT2D eigenvalue weighted by molar-refractivity contribution is -0.113. The first kappa shape index (κ1) is 19.7. The van der Waals surface area contributed by atoms with Crippen LogP contribution in [-0.4, -0.2) is 39.5 Å². The van der Waals surface area contributed by atoms with E-state index in [0.29, 0.717) is 21.5 Å². The van der Waals surface area contributed by atoms with Crippen molar-refractivity contribution < 1.29 is 18.7 Å². The molecule has 3 aromatic heterocycles. The van der Waals surface area contributed by atoms with Crippen molar-refractivity contribution in [3.63, 3.8) is 0 Å². The minimum atomic E-state index is -0.402. The van der Waals surface area contributed by atoms with Gasteiger partial charge in [0.25, 0.3) is 0 Å². The smallest absolute Gasteiger partial charge is 0.341 e. The van der Waals surface area contributed by atoms with Gasteiger partial charge in [-0.05, 0) is 37.8 Å². The van der Waals surface area contributed by atoms with Crippen LogP contribution in [0.4, 0.5) is 5.00 Å². The van der Waals surface area contributed by atoms with Crippen molar-refractivity contribution in [2.75, 3.05) is 18.2 Å². The molecule has 0 bridgehead atoms. The molecule has 0 unspecified atom stereocenters. The molecular weight excluding hydrogens is 412 g/mol. The number of aromatic nitrogens is 3. The monoisotopic (exact) mass is 432 g/mol. The number of ether oxygens (including phenoxy) is 1. The maximum Gasteiger partial charge on any atom is 0.341 e. The predicted octanol–water partition coefficient (Wildman–Crippen LogP) is 3.45. The number of aryl methyl sites for hydroxylation is 2. The molecule has 0 radical (unpaired) electrons. The van der Waals surface area contributed by atoms with Crippen molar-refractivity contribution in [1.82, 2.24) is 14.8 Å². The van der Waals surface area contributed by atoms with E-state index in [1.807, 2.05) is 24.6 Å². The maximum atomic E-state index is 12.5. The van der Waals surface area contributed by atoms with Crippen LogP contribution >= 0.6 is 23.1 Å². The Balaban J connectivity index is 1.45. The Morgan fingerprint density at radius 1 is 1.38 bits per heavy atom. The number of carbonyl (C=O) groups excluding carboxylic acids is 2. The molecule has 0 spiro atoms. The molecule has 0 aromatic carbocycles. The van der Waals surface area contributed by atoms with Crippen LogP contribution in [0.5, 0.6) is 0 Å². The molecule has 0 saturated carbocycles. The van der Waals surface area contributed by atoms with Crippen LogP contribution in [0.15, 0.2) is 21.9 Å². The van der Waals surface area contributed by atoms with Gasteiger partial charge < -0.3 is 19.0 Å². The molecule has 0 aliphatic heterocycles. The highest BCUT2D eigenvalue weighted by molar-refractivity contribution is 7.99. The summed E-state index contributed by atoms with van der Waals surface area (Å²) in [6.07, 6.45) is 4.41. The van der Waals surface area contributed by atoms with Crippen LogP contribution in [0.25, 0.3) is 11.4 Å². The van der Waals surface area contributed by atoms with E-state index >= 15 is 0 Å². The molecule has 3 heterocycles. The number of hydrogen-bond acceptors (Lipinski definition) is 8. The number of hydrogen-bond donors (Lipinski definition) is 1. The number of nitrogens with one attached hydrogen (secondary N) is 1. The van der Waals surface area contributed by atoms with Crippen molar-refractivity contribution in [3.05, 3.63) is 34.1 Å². The van der Waals surface area contributed by atoms with Crippen LogP contribution in [0.3, 0.4) is 0 Å². The third kappa shape index (κ3) is 3.69.